The van der Waals surface area contributed by atoms with Crippen LogP contribution in [0.25, 0.3) is 6.08 Å². The fourth-order valence-corrected chi connectivity index (χ4v) is 5.02. The quantitative estimate of drug-likeness (QED) is 0.193. The summed E-state index contributed by atoms with van der Waals surface area (Å²) < 4.78 is 5.73. The molecule has 0 spiro atoms. The molecule has 1 fully saturated rings. The van der Waals surface area contributed by atoms with Gasteiger partial charge in [0.2, 0.25) is 0 Å². The van der Waals surface area contributed by atoms with Crippen LogP contribution in [0.5, 0.6) is 5.75 Å². The summed E-state index contributed by atoms with van der Waals surface area (Å²) in [5.74, 6) is 0.0662. The van der Waals surface area contributed by atoms with Gasteiger partial charge in [-0.05, 0) is 53.5 Å². The minimum Gasteiger partial charge on any atom is -0.486 e. The number of ether oxygens (including phenoxy) is 1. The molecular weight excluding hydrogens is 509 g/mol. The third-order valence-corrected chi connectivity index (χ3v) is 6.80. The van der Waals surface area contributed by atoms with E-state index in [1.165, 1.54) is 29.5 Å². The zero-order valence-corrected chi connectivity index (χ0v) is 20.9. The van der Waals surface area contributed by atoms with Gasteiger partial charge in [-0.2, -0.15) is 0 Å². The Bertz CT molecular complexity index is 1280. The predicted molar refractivity (Wildman–Crippen MR) is 141 cm³/mol. The minimum absolute atomic E-state index is 0.0247. The second-order valence-electron chi connectivity index (χ2n) is 7.70. The summed E-state index contributed by atoms with van der Waals surface area (Å²) in [5.41, 5.74) is 3.09. The highest BCUT2D eigenvalue weighted by atomic mass is 35.5. The van der Waals surface area contributed by atoms with Crippen LogP contribution >= 0.6 is 35.0 Å². The summed E-state index contributed by atoms with van der Waals surface area (Å²) in [6, 6.07) is 17.5. The molecule has 180 valence electrons. The summed E-state index contributed by atoms with van der Waals surface area (Å²) in [4.78, 5) is 23.5. The zero-order valence-electron chi connectivity index (χ0n) is 18.6. The van der Waals surface area contributed by atoms with Crippen LogP contribution in [0.2, 0.25) is 10.0 Å². The molecule has 35 heavy (non-hydrogen) atoms. The van der Waals surface area contributed by atoms with Crippen molar-refractivity contribution >= 4 is 58.3 Å². The van der Waals surface area contributed by atoms with Crippen LogP contribution in [-0.2, 0) is 17.8 Å². The third-order valence-electron chi connectivity index (χ3n) is 5.21. The standard InChI is InChI=1S/C25H21Cl2N3O4S/c1-2-15-6-8-18(9-7-15)28-25-29-24(31)22(35-25)13-17-11-20(26)23(21(27)12-17)34-14-16-4-3-5-19(10-16)30(32)33/h3-13,25,28H,2,14H2,1H3,(H,29,31)/b22-13-/t25-/m0/s1. The third kappa shape index (κ3) is 6.28. The van der Waals surface area contributed by atoms with Crippen LogP contribution in [0, 0.1) is 10.1 Å². The molecule has 1 atom stereocenters. The minimum atomic E-state index is -0.467. The maximum Gasteiger partial charge on any atom is 0.269 e. The Hall–Kier alpha value is -3.20. The summed E-state index contributed by atoms with van der Waals surface area (Å²) >= 11 is 14.2. The average Bonchev–Trinajstić information content (AvgIpc) is 3.17. The lowest BCUT2D eigenvalue weighted by atomic mass is 10.1. The van der Waals surface area contributed by atoms with Crippen molar-refractivity contribution in [2.45, 2.75) is 25.4 Å². The van der Waals surface area contributed by atoms with Crippen LogP contribution in [-0.4, -0.2) is 16.3 Å². The van der Waals surface area contributed by atoms with Gasteiger partial charge < -0.3 is 15.4 Å². The molecule has 0 aromatic heterocycles. The van der Waals surface area contributed by atoms with E-state index in [4.69, 9.17) is 27.9 Å². The summed E-state index contributed by atoms with van der Waals surface area (Å²) in [7, 11) is 0. The molecule has 3 aromatic carbocycles. The van der Waals surface area contributed by atoms with Crippen LogP contribution in [0.3, 0.4) is 0 Å². The highest BCUT2D eigenvalue weighted by molar-refractivity contribution is 8.05. The Morgan fingerprint density at radius 3 is 2.49 bits per heavy atom. The highest BCUT2D eigenvalue weighted by Crippen LogP contribution is 2.37. The molecule has 3 aromatic rings. The van der Waals surface area contributed by atoms with Crippen molar-refractivity contribution < 1.29 is 14.5 Å². The van der Waals surface area contributed by atoms with Crippen molar-refractivity contribution in [3.63, 3.8) is 0 Å². The van der Waals surface area contributed by atoms with Crippen molar-refractivity contribution in [1.29, 1.82) is 0 Å². The molecule has 0 saturated carbocycles. The number of halogens is 2. The maximum atomic E-state index is 12.5. The highest BCUT2D eigenvalue weighted by Gasteiger charge is 2.27. The Morgan fingerprint density at radius 2 is 1.83 bits per heavy atom. The van der Waals surface area contributed by atoms with Gasteiger partial charge in [0.05, 0.1) is 19.9 Å². The lowest BCUT2D eigenvalue weighted by Gasteiger charge is -2.13. The first kappa shape index (κ1) is 24.9. The molecule has 1 aliphatic rings. The number of benzene rings is 3. The Labute approximate surface area is 216 Å². The molecule has 7 nitrogen and oxygen atoms in total. The van der Waals surface area contributed by atoms with E-state index in [1.54, 1.807) is 30.3 Å². The van der Waals surface area contributed by atoms with Crippen molar-refractivity contribution in [1.82, 2.24) is 5.32 Å². The average molecular weight is 530 g/mol. The van der Waals surface area contributed by atoms with E-state index < -0.39 is 4.92 Å². The van der Waals surface area contributed by atoms with Gasteiger partial charge in [0.1, 0.15) is 6.61 Å². The summed E-state index contributed by atoms with van der Waals surface area (Å²) in [5, 5.41) is 17.7. The fraction of sp³-hybridized carbons (Fsp3) is 0.160. The molecule has 0 radical (unpaired) electrons. The molecule has 1 heterocycles. The number of non-ortho nitro benzene ring substituents is 1. The van der Waals surface area contributed by atoms with Crippen molar-refractivity contribution in [2.75, 3.05) is 5.32 Å². The number of aryl methyl sites for hydroxylation is 1. The predicted octanol–water partition coefficient (Wildman–Crippen LogP) is 6.64. The number of amides is 1. The first-order chi connectivity index (χ1) is 16.8. The van der Waals surface area contributed by atoms with E-state index in [2.05, 4.69) is 17.6 Å². The van der Waals surface area contributed by atoms with E-state index in [0.717, 1.165) is 12.1 Å². The number of carbonyl (C=O) groups excluding carboxylic acids is 1. The van der Waals surface area contributed by atoms with Gasteiger partial charge in [0, 0.05) is 17.8 Å². The first-order valence-electron chi connectivity index (χ1n) is 10.7. The number of thioether (sulfide) groups is 1. The molecule has 0 unspecified atom stereocenters. The number of nitro benzene ring substituents is 1. The monoisotopic (exact) mass is 529 g/mol. The number of hydrogen-bond acceptors (Lipinski definition) is 6. The van der Waals surface area contributed by atoms with Gasteiger partial charge in [0.25, 0.3) is 11.6 Å². The number of carbonyl (C=O) groups is 1. The fourth-order valence-electron chi connectivity index (χ4n) is 3.42. The van der Waals surface area contributed by atoms with Crippen LogP contribution < -0.4 is 15.4 Å². The maximum absolute atomic E-state index is 12.5. The molecule has 1 amide bonds. The van der Waals surface area contributed by atoms with Crippen molar-refractivity contribution in [2.24, 2.45) is 0 Å². The normalized spacial score (nSPS) is 16.3. The van der Waals surface area contributed by atoms with Crippen molar-refractivity contribution in [3.05, 3.63) is 102 Å². The molecule has 2 N–H and O–H groups in total. The van der Waals surface area contributed by atoms with Gasteiger partial charge in [-0.3, -0.25) is 14.9 Å². The molecule has 1 saturated heterocycles. The zero-order chi connectivity index (χ0) is 24.9. The van der Waals surface area contributed by atoms with Crippen LogP contribution in [0.1, 0.15) is 23.6 Å². The second kappa shape index (κ2) is 11.0. The second-order valence-corrected chi connectivity index (χ2v) is 9.67. The summed E-state index contributed by atoms with van der Waals surface area (Å²) in [6.07, 6.45) is 2.68. The van der Waals surface area contributed by atoms with Gasteiger partial charge in [-0.25, -0.2) is 0 Å². The number of nitro groups is 1. The van der Waals surface area contributed by atoms with E-state index in [-0.39, 0.29) is 39.5 Å². The first-order valence-corrected chi connectivity index (χ1v) is 12.4. The van der Waals surface area contributed by atoms with Gasteiger partial charge in [-0.1, -0.05) is 66.2 Å². The van der Waals surface area contributed by atoms with E-state index in [1.807, 2.05) is 24.3 Å². The molecule has 4 rings (SSSR count). The Morgan fingerprint density at radius 1 is 1.11 bits per heavy atom. The van der Waals surface area contributed by atoms with E-state index >= 15 is 0 Å². The number of nitrogens with zero attached hydrogens (tertiary/aromatic N) is 1. The molecule has 10 heteroatoms. The van der Waals surface area contributed by atoms with E-state index in [0.29, 0.717) is 16.0 Å². The largest absolute Gasteiger partial charge is 0.486 e. The number of rotatable bonds is 8. The number of hydrogen-bond donors (Lipinski definition) is 2. The Kier molecular flexibility index (Phi) is 7.85. The van der Waals surface area contributed by atoms with E-state index in [9.17, 15) is 14.9 Å². The van der Waals surface area contributed by atoms with Crippen LogP contribution in [0.4, 0.5) is 11.4 Å². The van der Waals surface area contributed by atoms with Crippen molar-refractivity contribution in [3.8, 4) is 5.75 Å². The Balaban J connectivity index is 1.43. The number of nitrogens with one attached hydrogen (secondary N) is 2. The molecule has 0 bridgehead atoms. The molecule has 0 aliphatic carbocycles. The SMILES string of the molecule is CCc1ccc(N[C@H]2NC(=O)/C(=C/c3cc(Cl)c(OCc4cccc([N+](=O)[O-])c4)c(Cl)c3)S2)cc1. The van der Waals surface area contributed by atoms with Gasteiger partial charge in [0.15, 0.2) is 11.2 Å². The van der Waals surface area contributed by atoms with Crippen LogP contribution in [0.15, 0.2) is 65.6 Å². The smallest absolute Gasteiger partial charge is 0.269 e. The molecular formula is C25H21Cl2N3O4S. The lowest BCUT2D eigenvalue weighted by molar-refractivity contribution is -0.384. The molecule has 1 aliphatic heterocycles. The van der Waals surface area contributed by atoms with Gasteiger partial charge >= 0.3 is 0 Å². The summed E-state index contributed by atoms with van der Waals surface area (Å²) in [6.45, 7) is 2.16. The number of anilines is 1. The topological polar surface area (TPSA) is 93.5 Å². The van der Waals surface area contributed by atoms with Gasteiger partial charge in [-0.15, -0.1) is 0 Å². The lowest BCUT2D eigenvalue weighted by Crippen LogP contribution is -2.30.